The van der Waals surface area contributed by atoms with Crippen LogP contribution in [0.2, 0.25) is 0 Å². The van der Waals surface area contributed by atoms with Gasteiger partial charge < -0.3 is 4.74 Å². The van der Waals surface area contributed by atoms with E-state index in [0.717, 1.165) is 8.95 Å². The van der Waals surface area contributed by atoms with Crippen LogP contribution in [0.15, 0.2) is 45.3 Å². The fourth-order valence-electron chi connectivity index (χ4n) is 2.98. The highest BCUT2D eigenvalue weighted by Crippen LogP contribution is 2.41. The van der Waals surface area contributed by atoms with Gasteiger partial charge in [-0.25, -0.2) is 5.01 Å². The molecule has 1 heterocycles. The van der Waals surface area contributed by atoms with Gasteiger partial charge in [-0.1, -0.05) is 38.8 Å². The fourth-order valence-corrected chi connectivity index (χ4v) is 3.69. The molecule has 2 aromatic carbocycles. The summed E-state index contributed by atoms with van der Waals surface area (Å²) in [5, 5.41) is 1.67. The molecule has 1 atom stereocenters. The molecular weight excluding hydrogens is 464 g/mol. The van der Waals surface area contributed by atoms with Gasteiger partial charge in [0.15, 0.2) is 5.78 Å². The molecule has 136 valence electrons. The summed E-state index contributed by atoms with van der Waals surface area (Å²) < 4.78 is 7.25. The number of Topliss-reactive ketones (excluding diaryl/α,β-unsaturated/α-hetero) is 2. The van der Waals surface area contributed by atoms with Crippen LogP contribution < -0.4 is 10.4 Å². The van der Waals surface area contributed by atoms with E-state index in [2.05, 4.69) is 37.3 Å². The number of hydrogen-bond acceptors (Lipinski definition) is 5. The summed E-state index contributed by atoms with van der Waals surface area (Å²) in [6.45, 7) is 3.52. The fraction of sp³-hybridized carbons (Fsp3) is 0.263. The second kappa shape index (κ2) is 7.13. The summed E-state index contributed by atoms with van der Waals surface area (Å²) in [4.78, 5) is 25.2. The van der Waals surface area contributed by atoms with E-state index in [-0.39, 0.29) is 11.6 Å². The van der Waals surface area contributed by atoms with E-state index in [1.54, 1.807) is 24.1 Å². The monoisotopic (exact) mass is 480 g/mol. The van der Waals surface area contributed by atoms with Crippen LogP contribution in [-0.2, 0) is 4.74 Å². The van der Waals surface area contributed by atoms with Crippen molar-refractivity contribution in [1.29, 1.82) is 0 Å². The average molecular weight is 482 g/mol. The van der Waals surface area contributed by atoms with Crippen molar-refractivity contribution in [2.45, 2.75) is 26.0 Å². The van der Waals surface area contributed by atoms with Crippen LogP contribution >= 0.6 is 31.9 Å². The number of halogens is 2. The van der Waals surface area contributed by atoms with Crippen molar-refractivity contribution in [3.63, 3.8) is 0 Å². The third-order valence-electron chi connectivity index (χ3n) is 4.53. The lowest BCUT2D eigenvalue weighted by atomic mass is 10.1. The number of ether oxygens (including phenoxy) is 1. The molecule has 0 saturated heterocycles. The van der Waals surface area contributed by atoms with Crippen LogP contribution in [0.1, 0.15) is 41.0 Å². The van der Waals surface area contributed by atoms with Crippen molar-refractivity contribution >= 4 is 54.8 Å². The summed E-state index contributed by atoms with van der Waals surface area (Å²) >= 11 is 6.89. The van der Waals surface area contributed by atoms with Gasteiger partial charge in [0.25, 0.3) is 0 Å². The number of fused-ring (bicyclic) bond motifs is 1. The SMILES string of the molecule is CCC(=O)c1ccc(Br)cc1NN1c2cc(Br)ccc2C(=O)[C@]1(C)OC. The zero-order valence-electron chi connectivity index (χ0n) is 14.6. The van der Waals surface area contributed by atoms with Gasteiger partial charge in [-0.2, -0.15) is 0 Å². The molecule has 0 aromatic heterocycles. The maximum Gasteiger partial charge on any atom is 0.219 e. The Balaban J connectivity index is 2.12. The maximum absolute atomic E-state index is 12.9. The Kier molecular flexibility index (Phi) is 5.23. The third-order valence-corrected chi connectivity index (χ3v) is 5.51. The zero-order chi connectivity index (χ0) is 19.1. The number of ketones is 2. The van der Waals surface area contributed by atoms with Crippen LogP contribution in [0.3, 0.4) is 0 Å². The number of benzene rings is 2. The second-order valence-electron chi connectivity index (χ2n) is 6.09. The lowest BCUT2D eigenvalue weighted by Gasteiger charge is -2.35. The van der Waals surface area contributed by atoms with E-state index in [0.29, 0.717) is 28.9 Å². The van der Waals surface area contributed by atoms with E-state index in [1.165, 1.54) is 7.11 Å². The molecule has 0 amide bonds. The first-order valence-electron chi connectivity index (χ1n) is 8.11. The molecule has 7 heteroatoms. The number of anilines is 2. The third kappa shape index (κ3) is 3.08. The lowest BCUT2D eigenvalue weighted by Crippen LogP contribution is -2.52. The van der Waals surface area contributed by atoms with Crippen LogP contribution in [0.25, 0.3) is 0 Å². The number of nitrogens with zero attached hydrogens (tertiary/aromatic N) is 1. The first-order chi connectivity index (χ1) is 12.3. The number of carbonyl (C=O) groups excluding carboxylic acids is 2. The van der Waals surface area contributed by atoms with Crippen molar-refractivity contribution in [2.75, 3.05) is 17.5 Å². The molecule has 0 radical (unpaired) electrons. The van der Waals surface area contributed by atoms with Crippen molar-refractivity contribution in [1.82, 2.24) is 0 Å². The first-order valence-corrected chi connectivity index (χ1v) is 9.69. The Morgan fingerprint density at radius 2 is 1.85 bits per heavy atom. The molecule has 1 aliphatic heterocycles. The predicted molar refractivity (Wildman–Crippen MR) is 109 cm³/mol. The van der Waals surface area contributed by atoms with Crippen LogP contribution in [0.4, 0.5) is 11.4 Å². The Morgan fingerprint density at radius 1 is 1.19 bits per heavy atom. The number of hydrogen-bond donors (Lipinski definition) is 1. The smallest absolute Gasteiger partial charge is 0.219 e. The molecule has 26 heavy (non-hydrogen) atoms. The molecule has 0 spiro atoms. The van der Waals surface area contributed by atoms with Gasteiger partial charge in [-0.3, -0.25) is 15.0 Å². The minimum atomic E-state index is -1.22. The minimum Gasteiger partial charge on any atom is -0.351 e. The highest BCUT2D eigenvalue weighted by atomic mass is 79.9. The molecule has 0 unspecified atom stereocenters. The van der Waals surface area contributed by atoms with Crippen molar-refractivity contribution < 1.29 is 14.3 Å². The normalized spacial score (nSPS) is 18.8. The standard InChI is InChI=1S/C19H18Br2N2O3/c1-4-17(24)13-7-5-11(20)9-15(13)22-23-16-10-12(21)6-8-14(16)18(25)19(23,2)26-3/h5-10,22H,4H2,1-3H3/t19-/m0/s1. The van der Waals surface area contributed by atoms with Gasteiger partial charge in [0.05, 0.1) is 11.4 Å². The molecule has 1 aliphatic rings. The maximum atomic E-state index is 12.9. The van der Waals surface area contributed by atoms with Crippen LogP contribution in [0, 0.1) is 0 Å². The zero-order valence-corrected chi connectivity index (χ0v) is 17.8. The van der Waals surface area contributed by atoms with Crippen LogP contribution in [-0.4, -0.2) is 24.4 Å². The topological polar surface area (TPSA) is 58.6 Å². The van der Waals surface area contributed by atoms with Gasteiger partial charge in [-0.05, 0) is 43.3 Å². The van der Waals surface area contributed by atoms with Gasteiger partial charge in [0.1, 0.15) is 0 Å². The summed E-state index contributed by atoms with van der Waals surface area (Å²) in [6.07, 6.45) is 0.388. The van der Waals surface area contributed by atoms with Gasteiger partial charge in [0, 0.05) is 33.6 Å². The highest BCUT2D eigenvalue weighted by Gasteiger charge is 2.49. The van der Waals surface area contributed by atoms with Crippen molar-refractivity contribution in [2.24, 2.45) is 0 Å². The van der Waals surface area contributed by atoms with E-state index in [4.69, 9.17) is 4.74 Å². The van der Waals surface area contributed by atoms with E-state index >= 15 is 0 Å². The minimum absolute atomic E-state index is 0.0131. The molecule has 5 nitrogen and oxygen atoms in total. The quantitative estimate of drug-likeness (QED) is 0.595. The Labute approximate surface area is 168 Å². The van der Waals surface area contributed by atoms with Crippen molar-refractivity contribution in [3.05, 3.63) is 56.5 Å². The molecule has 2 aromatic rings. The summed E-state index contributed by atoms with van der Waals surface area (Å²) in [5.41, 5.74) is 4.42. The molecule has 0 saturated carbocycles. The summed E-state index contributed by atoms with van der Waals surface area (Å²) in [5.74, 6) is -0.132. The first kappa shape index (κ1) is 19.1. The Bertz CT molecular complexity index is 900. The van der Waals surface area contributed by atoms with Gasteiger partial charge >= 0.3 is 0 Å². The summed E-state index contributed by atoms with van der Waals surface area (Å²) in [6, 6.07) is 10.8. The molecule has 0 fully saturated rings. The Morgan fingerprint density at radius 3 is 2.50 bits per heavy atom. The van der Waals surface area contributed by atoms with E-state index in [9.17, 15) is 9.59 Å². The number of carbonyl (C=O) groups is 2. The van der Waals surface area contributed by atoms with E-state index < -0.39 is 5.72 Å². The molecule has 1 N–H and O–H groups in total. The highest BCUT2D eigenvalue weighted by molar-refractivity contribution is 9.10. The largest absolute Gasteiger partial charge is 0.351 e. The number of nitrogens with one attached hydrogen (secondary N) is 1. The Hall–Kier alpha value is -1.70. The average Bonchev–Trinajstić information content (AvgIpc) is 2.83. The van der Waals surface area contributed by atoms with Gasteiger partial charge in [0.2, 0.25) is 11.5 Å². The van der Waals surface area contributed by atoms with E-state index in [1.807, 2.05) is 31.2 Å². The molecular formula is C19H18Br2N2O3. The lowest BCUT2D eigenvalue weighted by molar-refractivity contribution is 0.0179. The summed E-state index contributed by atoms with van der Waals surface area (Å²) in [7, 11) is 1.49. The molecule has 0 aliphatic carbocycles. The van der Waals surface area contributed by atoms with Crippen molar-refractivity contribution in [3.8, 4) is 0 Å². The predicted octanol–water partition coefficient (Wildman–Crippen LogP) is 5.20. The van der Waals surface area contributed by atoms with Gasteiger partial charge in [-0.15, -0.1) is 0 Å². The second-order valence-corrected chi connectivity index (χ2v) is 7.92. The number of rotatable bonds is 5. The molecule has 3 rings (SSSR count). The van der Waals surface area contributed by atoms with Crippen LogP contribution in [0.5, 0.6) is 0 Å². The molecule has 0 bridgehead atoms. The number of hydrazine groups is 1. The number of methoxy groups -OCH3 is 1.